The largest absolute Gasteiger partial charge is 0.356 e. The van der Waals surface area contributed by atoms with Crippen molar-refractivity contribution in [1.82, 2.24) is 20.2 Å². The number of nitrogens with one attached hydrogen (secondary N) is 2. The summed E-state index contributed by atoms with van der Waals surface area (Å²) in [6, 6.07) is 4.96. The molecule has 0 saturated carbocycles. The Morgan fingerprint density at radius 3 is 2.96 bits per heavy atom. The normalized spacial score (nSPS) is 15.8. The Hall–Kier alpha value is -1.95. The Bertz CT molecular complexity index is 706. The van der Waals surface area contributed by atoms with Crippen LogP contribution in [0.3, 0.4) is 0 Å². The minimum atomic E-state index is -0.305. The summed E-state index contributed by atoms with van der Waals surface area (Å²) in [5.41, 5.74) is 1.18. The number of amides is 1. The summed E-state index contributed by atoms with van der Waals surface area (Å²) in [5, 5.41) is 6.29. The second kappa shape index (κ2) is 7.75. The fourth-order valence-corrected chi connectivity index (χ4v) is 3.36. The molecule has 0 aliphatic carbocycles. The molecule has 130 valence electrons. The second-order valence-electron chi connectivity index (χ2n) is 6.53. The first-order valence-corrected chi connectivity index (χ1v) is 8.72. The summed E-state index contributed by atoms with van der Waals surface area (Å²) in [6.07, 6.45) is 4.48. The van der Waals surface area contributed by atoms with Crippen LogP contribution in [0.5, 0.6) is 0 Å². The summed E-state index contributed by atoms with van der Waals surface area (Å²) in [6.45, 7) is 2.66. The molecule has 0 unspecified atom stereocenters. The smallest absolute Gasteiger partial charge is 0.220 e. The van der Waals surface area contributed by atoms with E-state index in [1.165, 1.54) is 18.9 Å². The van der Waals surface area contributed by atoms with Gasteiger partial charge in [0, 0.05) is 26.4 Å². The molecule has 2 aromatic rings. The van der Waals surface area contributed by atoms with Gasteiger partial charge in [0.05, 0.1) is 5.52 Å². The molecule has 2 heterocycles. The van der Waals surface area contributed by atoms with Crippen LogP contribution in [0.1, 0.15) is 31.5 Å². The van der Waals surface area contributed by atoms with Crippen LogP contribution < -0.4 is 10.6 Å². The molecule has 1 fully saturated rings. The third-order valence-electron chi connectivity index (χ3n) is 4.86. The highest BCUT2D eigenvalue weighted by Gasteiger charge is 2.15. The molecule has 1 saturated heterocycles. The van der Waals surface area contributed by atoms with E-state index in [9.17, 15) is 9.18 Å². The first-order valence-electron chi connectivity index (χ1n) is 8.72. The molecule has 0 atom stereocenters. The van der Waals surface area contributed by atoms with Crippen LogP contribution in [0.2, 0.25) is 0 Å². The Morgan fingerprint density at radius 1 is 1.42 bits per heavy atom. The van der Waals surface area contributed by atoms with E-state index in [0.29, 0.717) is 30.8 Å². The number of hydrogen-bond donors (Lipinski definition) is 2. The topological polar surface area (TPSA) is 59.0 Å². The van der Waals surface area contributed by atoms with Crippen molar-refractivity contribution in [3.8, 4) is 0 Å². The third-order valence-corrected chi connectivity index (χ3v) is 4.86. The van der Waals surface area contributed by atoms with E-state index in [4.69, 9.17) is 0 Å². The molecule has 2 N–H and O–H groups in total. The van der Waals surface area contributed by atoms with Crippen molar-refractivity contribution in [1.29, 1.82) is 0 Å². The van der Waals surface area contributed by atoms with Gasteiger partial charge in [-0.3, -0.25) is 4.79 Å². The molecule has 24 heavy (non-hydrogen) atoms. The van der Waals surface area contributed by atoms with Crippen molar-refractivity contribution in [3.05, 3.63) is 29.8 Å². The van der Waals surface area contributed by atoms with Gasteiger partial charge >= 0.3 is 0 Å². The Morgan fingerprint density at radius 2 is 2.21 bits per heavy atom. The SMILES string of the molecule is Cn1c(CCNC(=O)CCC2CCNCC2)nc2c(F)cccc21. The van der Waals surface area contributed by atoms with Crippen LogP contribution in [0.25, 0.3) is 11.0 Å². The third kappa shape index (κ3) is 3.93. The predicted octanol–water partition coefficient (Wildman–Crippen LogP) is 2.15. The second-order valence-corrected chi connectivity index (χ2v) is 6.53. The van der Waals surface area contributed by atoms with E-state index in [0.717, 1.165) is 30.9 Å². The highest BCUT2D eigenvalue weighted by atomic mass is 19.1. The summed E-state index contributed by atoms with van der Waals surface area (Å²) in [7, 11) is 1.88. The van der Waals surface area contributed by atoms with E-state index in [-0.39, 0.29) is 11.7 Å². The molecule has 0 radical (unpaired) electrons. The number of para-hydroxylation sites is 1. The standard InChI is InChI=1S/C18H25FN4O/c1-23-15-4-2-3-14(19)18(15)22-16(23)9-12-21-17(24)6-5-13-7-10-20-11-8-13/h2-4,13,20H,5-12H2,1H3,(H,21,24). The quantitative estimate of drug-likeness (QED) is 0.852. The molecule has 1 aliphatic rings. The van der Waals surface area contributed by atoms with Gasteiger partial charge in [0.15, 0.2) is 5.82 Å². The fourth-order valence-electron chi connectivity index (χ4n) is 3.36. The van der Waals surface area contributed by atoms with E-state index < -0.39 is 0 Å². The summed E-state index contributed by atoms with van der Waals surface area (Å²) in [5.74, 6) is 1.24. The Kier molecular flexibility index (Phi) is 5.45. The van der Waals surface area contributed by atoms with Crippen LogP contribution in [0.4, 0.5) is 4.39 Å². The van der Waals surface area contributed by atoms with Crippen LogP contribution in [0.15, 0.2) is 18.2 Å². The number of carbonyl (C=O) groups is 1. The molecule has 6 heteroatoms. The van der Waals surface area contributed by atoms with Gasteiger partial charge in [-0.2, -0.15) is 0 Å². The lowest BCUT2D eigenvalue weighted by Crippen LogP contribution is -2.30. The number of aromatic nitrogens is 2. The maximum atomic E-state index is 13.8. The van der Waals surface area contributed by atoms with Crippen molar-refractivity contribution in [3.63, 3.8) is 0 Å². The van der Waals surface area contributed by atoms with Gasteiger partial charge in [-0.05, 0) is 50.4 Å². The molecule has 1 aromatic heterocycles. The summed E-state index contributed by atoms with van der Waals surface area (Å²) < 4.78 is 15.6. The maximum Gasteiger partial charge on any atom is 0.220 e. The van der Waals surface area contributed by atoms with E-state index >= 15 is 0 Å². The van der Waals surface area contributed by atoms with Crippen LogP contribution >= 0.6 is 0 Å². The van der Waals surface area contributed by atoms with Gasteiger partial charge in [-0.25, -0.2) is 9.37 Å². The number of carbonyl (C=O) groups excluding carboxylic acids is 1. The highest BCUT2D eigenvalue weighted by Crippen LogP contribution is 2.19. The number of nitrogens with zero attached hydrogens (tertiary/aromatic N) is 2. The highest BCUT2D eigenvalue weighted by molar-refractivity contribution is 5.77. The number of halogens is 1. The number of rotatable bonds is 6. The molecule has 0 bridgehead atoms. The van der Waals surface area contributed by atoms with Crippen LogP contribution in [-0.4, -0.2) is 35.1 Å². The van der Waals surface area contributed by atoms with E-state index in [2.05, 4.69) is 15.6 Å². The molecular formula is C18H25FN4O. The minimum absolute atomic E-state index is 0.0958. The van der Waals surface area contributed by atoms with Crippen molar-refractivity contribution in [2.75, 3.05) is 19.6 Å². The number of piperidine rings is 1. The number of fused-ring (bicyclic) bond motifs is 1. The van der Waals surface area contributed by atoms with Gasteiger partial charge in [-0.1, -0.05) is 6.07 Å². The van der Waals surface area contributed by atoms with Crippen molar-refractivity contribution < 1.29 is 9.18 Å². The lowest BCUT2D eigenvalue weighted by atomic mass is 9.93. The lowest BCUT2D eigenvalue weighted by Gasteiger charge is -2.22. The number of hydrogen-bond acceptors (Lipinski definition) is 3. The van der Waals surface area contributed by atoms with Gasteiger partial charge in [0.25, 0.3) is 0 Å². The molecule has 1 amide bonds. The predicted molar refractivity (Wildman–Crippen MR) is 92.2 cm³/mol. The van der Waals surface area contributed by atoms with Crippen LogP contribution in [0, 0.1) is 11.7 Å². The average Bonchev–Trinajstić information content (AvgIpc) is 2.92. The Balaban J connectivity index is 1.46. The molecule has 0 spiro atoms. The zero-order valence-electron chi connectivity index (χ0n) is 14.1. The van der Waals surface area contributed by atoms with Crippen LogP contribution in [-0.2, 0) is 18.3 Å². The zero-order chi connectivity index (χ0) is 16.9. The molecule has 3 rings (SSSR count). The molecule has 1 aliphatic heterocycles. The number of imidazole rings is 1. The zero-order valence-corrected chi connectivity index (χ0v) is 14.1. The first-order chi connectivity index (χ1) is 11.6. The lowest BCUT2D eigenvalue weighted by molar-refractivity contribution is -0.121. The molecular weight excluding hydrogens is 307 g/mol. The molecule has 5 nitrogen and oxygen atoms in total. The average molecular weight is 332 g/mol. The fraction of sp³-hybridized carbons (Fsp3) is 0.556. The van der Waals surface area contributed by atoms with Gasteiger partial charge in [0.2, 0.25) is 5.91 Å². The Labute approximate surface area is 141 Å². The van der Waals surface area contributed by atoms with Gasteiger partial charge in [-0.15, -0.1) is 0 Å². The van der Waals surface area contributed by atoms with E-state index in [1.54, 1.807) is 6.07 Å². The monoisotopic (exact) mass is 332 g/mol. The number of aryl methyl sites for hydroxylation is 1. The van der Waals surface area contributed by atoms with E-state index in [1.807, 2.05) is 17.7 Å². The maximum absolute atomic E-state index is 13.8. The minimum Gasteiger partial charge on any atom is -0.356 e. The number of benzene rings is 1. The summed E-state index contributed by atoms with van der Waals surface area (Å²) in [4.78, 5) is 16.3. The van der Waals surface area contributed by atoms with Crippen molar-refractivity contribution in [2.45, 2.75) is 32.1 Å². The van der Waals surface area contributed by atoms with Crippen molar-refractivity contribution in [2.24, 2.45) is 13.0 Å². The van der Waals surface area contributed by atoms with Crippen molar-refractivity contribution >= 4 is 16.9 Å². The molecule has 1 aromatic carbocycles. The van der Waals surface area contributed by atoms with Gasteiger partial charge in [0.1, 0.15) is 11.3 Å². The first kappa shape index (κ1) is 16.9. The van der Waals surface area contributed by atoms with Gasteiger partial charge < -0.3 is 15.2 Å². The summed E-state index contributed by atoms with van der Waals surface area (Å²) >= 11 is 0.